The molecule has 0 spiro atoms. The molecule has 0 saturated heterocycles. The fraction of sp³-hybridized carbons (Fsp3) is 0.261. The predicted molar refractivity (Wildman–Crippen MR) is 117 cm³/mol. The van der Waals surface area contributed by atoms with Crippen molar-refractivity contribution in [2.45, 2.75) is 19.3 Å². The van der Waals surface area contributed by atoms with Crippen molar-refractivity contribution in [1.29, 1.82) is 0 Å². The Balaban J connectivity index is 2.36. The van der Waals surface area contributed by atoms with Crippen LogP contribution in [0.25, 0.3) is 21.9 Å². The Kier molecular flexibility index (Phi) is 5.83. The van der Waals surface area contributed by atoms with E-state index in [0.717, 1.165) is 22.5 Å². The number of carbonyl (C=O) groups excluding carboxylic acids is 1. The zero-order valence-corrected chi connectivity index (χ0v) is 17.9. The third-order valence-corrected chi connectivity index (χ3v) is 5.38. The summed E-state index contributed by atoms with van der Waals surface area (Å²) in [7, 11) is 4.36. The standard InChI is InChI=1S/C23H23FN2O5/c1-23(2,22(27)31-5)17-12-18(26(28)29)20(24)19(21(17)30-4)15-7-6-14-11-16(25-3)9-8-13(14)10-15/h6-12,25H,1-5H3. The van der Waals surface area contributed by atoms with Crippen LogP contribution >= 0.6 is 0 Å². The summed E-state index contributed by atoms with van der Waals surface area (Å²) in [5, 5.41) is 16.4. The van der Waals surface area contributed by atoms with Gasteiger partial charge in [-0.3, -0.25) is 14.9 Å². The summed E-state index contributed by atoms with van der Waals surface area (Å²) >= 11 is 0. The van der Waals surface area contributed by atoms with Crippen molar-refractivity contribution in [3.05, 3.63) is 64.0 Å². The summed E-state index contributed by atoms with van der Waals surface area (Å²) in [6.45, 7) is 3.09. The van der Waals surface area contributed by atoms with Gasteiger partial charge in [-0.25, -0.2) is 0 Å². The molecule has 162 valence electrons. The Bertz CT molecular complexity index is 1190. The fourth-order valence-corrected chi connectivity index (χ4v) is 3.62. The summed E-state index contributed by atoms with van der Waals surface area (Å²) in [6.07, 6.45) is 0. The van der Waals surface area contributed by atoms with E-state index in [4.69, 9.17) is 9.47 Å². The van der Waals surface area contributed by atoms with Gasteiger partial charge in [0.2, 0.25) is 5.82 Å². The molecule has 0 aliphatic carbocycles. The maximum Gasteiger partial charge on any atom is 0.315 e. The first kappa shape index (κ1) is 22.0. The van der Waals surface area contributed by atoms with Crippen molar-refractivity contribution in [3.8, 4) is 16.9 Å². The summed E-state index contributed by atoms with van der Waals surface area (Å²) in [6, 6.07) is 11.9. The zero-order valence-electron chi connectivity index (χ0n) is 17.9. The Morgan fingerprint density at radius 2 is 1.74 bits per heavy atom. The SMILES string of the molecule is CNc1ccc2cc(-c3c(F)c([N+](=O)[O-])cc(C(C)(C)C(=O)OC)c3OC)ccc2c1. The van der Waals surface area contributed by atoms with E-state index in [0.29, 0.717) is 5.56 Å². The molecule has 0 saturated carbocycles. The molecule has 1 N–H and O–H groups in total. The number of methoxy groups -OCH3 is 2. The van der Waals surface area contributed by atoms with Crippen LogP contribution in [0.1, 0.15) is 19.4 Å². The fourth-order valence-electron chi connectivity index (χ4n) is 3.62. The van der Waals surface area contributed by atoms with Crippen LogP contribution in [-0.4, -0.2) is 32.2 Å². The van der Waals surface area contributed by atoms with E-state index < -0.39 is 27.8 Å². The molecule has 8 heteroatoms. The van der Waals surface area contributed by atoms with Crippen LogP contribution in [-0.2, 0) is 14.9 Å². The number of halogens is 1. The molecule has 31 heavy (non-hydrogen) atoms. The Labute approximate surface area is 178 Å². The topological polar surface area (TPSA) is 90.7 Å². The predicted octanol–water partition coefficient (Wildman–Crippen LogP) is 5.06. The minimum absolute atomic E-state index is 0.0460. The largest absolute Gasteiger partial charge is 0.496 e. The summed E-state index contributed by atoms with van der Waals surface area (Å²) in [4.78, 5) is 23.2. The van der Waals surface area contributed by atoms with Crippen LogP contribution in [0.5, 0.6) is 5.75 Å². The van der Waals surface area contributed by atoms with Gasteiger partial charge >= 0.3 is 11.7 Å². The van der Waals surface area contributed by atoms with Crippen LogP contribution in [0.15, 0.2) is 42.5 Å². The molecule has 7 nitrogen and oxygen atoms in total. The lowest BCUT2D eigenvalue weighted by molar-refractivity contribution is -0.387. The highest BCUT2D eigenvalue weighted by molar-refractivity contribution is 5.92. The van der Waals surface area contributed by atoms with Crippen LogP contribution in [0.2, 0.25) is 0 Å². The van der Waals surface area contributed by atoms with Crippen molar-refractivity contribution >= 4 is 28.1 Å². The van der Waals surface area contributed by atoms with E-state index in [-0.39, 0.29) is 16.9 Å². The van der Waals surface area contributed by atoms with Crippen molar-refractivity contribution in [1.82, 2.24) is 0 Å². The Hall–Kier alpha value is -3.68. The molecule has 0 radical (unpaired) electrons. The van der Waals surface area contributed by atoms with E-state index in [1.165, 1.54) is 14.2 Å². The van der Waals surface area contributed by atoms with Crippen molar-refractivity contribution in [2.75, 3.05) is 26.6 Å². The van der Waals surface area contributed by atoms with Crippen LogP contribution in [0.3, 0.4) is 0 Å². The third-order valence-electron chi connectivity index (χ3n) is 5.38. The van der Waals surface area contributed by atoms with Crippen LogP contribution in [0, 0.1) is 15.9 Å². The van der Waals surface area contributed by atoms with Gasteiger partial charge in [0, 0.05) is 24.4 Å². The number of nitrogens with zero attached hydrogens (tertiary/aromatic N) is 1. The van der Waals surface area contributed by atoms with E-state index in [1.54, 1.807) is 32.0 Å². The molecular formula is C23H23FN2O5. The highest BCUT2D eigenvalue weighted by atomic mass is 19.1. The number of nitro benzene ring substituents is 1. The molecule has 0 fully saturated rings. The van der Waals surface area contributed by atoms with E-state index >= 15 is 4.39 Å². The minimum Gasteiger partial charge on any atom is -0.496 e. The lowest BCUT2D eigenvalue weighted by atomic mass is 9.81. The molecule has 0 aromatic heterocycles. The van der Waals surface area contributed by atoms with Crippen LogP contribution < -0.4 is 10.1 Å². The molecule has 3 rings (SSSR count). The second-order valence-electron chi connectivity index (χ2n) is 7.57. The number of benzene rings is 3. The second kappa shape index (κ2) is 8.22. The Morgan fingerprint density at radius 1 is 1.10 bits per heavy atom. The number of nitrogens with one attached hydrogen (secondary N) is 1. The summed E-state index contributed by atoms with van der Waals surface area (Å²) < 4.78 is 25.7. The van der Waals surface area contributed by atoms with Gasteiger partial charge < -0.3 is 14.8 Å². The van der Waals surface area contributed by atoms with Crippen LogP contribution in [0.4, 0.5) is 15.8 Å². The molecule has 0 aliphatic heterocycles. The molecule has 3 aromatic carbocycles. The summed E-state index contributed by atoms with van der Waals surface area (Å²) in [5.74, 6) is -1.61. The maximum atomic E-state index is 15.4. The number of carbonyl (C=O) groups is 1. The monoisotopic (exact) mass is 426 g/mol. The molecule has 0 bridgehead atoms. The molecule has 0 heterocycles. The van der Waals surface area contributed by atoms with Gasteiger partial charge in [-0.2, -0.15) is 4.39 Å². The molecular weight excluding hydrogens is 403 g/mol. The van der Waals surface area contributed by atoms with Gasteiger partial charge in [0.15, 0.2) is 0 Å². The van der Waals surface area contributed by atoms with E-state index in [2.05, 4.69) is 5.32 Å². The number of fused-ring (bicyclic) bond motifs is 1. The minimum atomic E-state index is -1.31. The van der Waals surface area contributed by atoms with E-state index in [1.807, 2.05) is 25.2 Å². The van der Waals surface area contributed by atoms with Gasteiger partial charge in [0.25, 0.3) is 0 Å². The molecule has 0 atom stereocenters. The zero-order chi connectivity index (χ0) is 22.9. The van der Waals surface area contributed by atoms with Crippen molar-refractivity contribution < 1.29 is 23.6 Å². The first-order chi connectivity index (χ1) is 14.6. The van der Waals surface area contributed by atoms with Gasteiger partial charge in [-0.05, 0) is 48.4 Å². The number of nitro groups is 1. The number of esters is 1. The van der Waals surface area contributed by atoms with E-state index in [9.17, 15) is 14.9 Å². The number of ether oxygens (including phenoxy) is 2. The second-order valence-corrected chi connectivity index (χ2v) is 7.57. The van der Waals surface area contributed by atoms with Gasteiger partial charge in [-0.15, -0.1) is 0 Å². The maximum absolute atomic E-state index is 15.4. The summed E-state index contributed by atoms with van der Waals surface area (Å²) in [5.41, 5.74) is -0.662. The number of anilines is 1. The van der Waals surface area contributed by atoms with Crippen molar-refractivity contribution in [3.63, 3.8) is 0 Å². The normalized spacial score (nSPS) is 11.3. The third kappa shape index (κ3) is 3.76. The average molecular weight is 426 g/mol. The molecule has 0 aliphatic rings. The van der Waals surface area contributed by atoms with Gasteiger partial charge in [0.05, 0.1) is 30.1 Å². The number of rotatable bonds is 6. The van der Waals surface area contributed by atoms with Gasteiger partial charge in [-0.1, -0.05) is 18.2 Å². The quantitative estimate of drug-likeness (QED) is 0.337. The number of hydrogen-bond acceptors (Lipinski definition) is 6. The molecule has 0 amide bonds. The lowest BCUT2D eigenvalue weighted by Gasteiger charge is -2.26. The first-order valence-electron chi connectivity index (χ1n) is 9.51. The van der Waals surface area contributed by atoms with Gasteiger partial charge in [0.1, 0.15) is 5.75 Å². The highest BCUT2D eigenvalue weighted by Crippen LogP contribution is 2.45. The average Bonchev–Trinajstić information content (AvgIpc) is 2.76. The molecule has 3 aromatic rings. The number of hydrogen-bond donors (Lipinski definition) is 1. The van der Waals surface area contributed by atoms with Crippen molar-refractivity contribution in [2.24, 2.45) is 0 Å². The highest BCUT2D eigenvalue weighted by Gasteiger charge is 2.39. The lowest BCUT2D eigenvalue weighted by Crippen LogP contribution is -2.31. The Morgan fingerprint density at radius 3 is 2.32 bits per heavy atom. The smallest absolute Gasteiger partial charge is 0.315 e. The first-order valence-corrected chi connectivity index (χ1v) is 9.51. The molecule has 0 unspecified atom stereocenters.